The molecule has 0 spiro atoms. The predicted molar refractivity (Wildman–Crippen MR) is 65.4 cm³/mol. The van der Waals surface area contributed by atoms with E-state index in [1.165, 1.54) is 12.1 Å². The van der Waals surface area contributed by atoms with Gasteiger partial charge in [0.15, 0.2) is 0 Å². The SMILES string of the molecule is CC(CO)(CO)CNCc1ccccc1C(F)(F)F. The molecule has 6 heteroatoms. The third-order valence-corrected chi connectivity index (χ3v) is 2.95. The summed E-state index contributed by atoms with van der Waals surface area (Å²) in [5, 5.41) is 21.0. The standard InChI is InChI=1S/C13H18F3NO2/c1-12(8-18,9-19)7-17-6-10-4-2-3-5-11(10)13(14,15)16/h2-5,17-19H,6-9H2,1H3. The Morgan fingerprint density at radius 3 is 2.21 bits per heavy atom. The average molecular weight is 277 g/mol. The minimum atomic E-state index is -4.38. The lowest BCUT2D eigenvalue weighted by Crippen LogP contribution is -2.37. The highest BCUT2D eigenvalue weighted by Crippen LogP contribution is 2.31. The summed E-state index contributed by atoms with van der Waals surface area (Å²) in [5.74, 6) is 0. The van der Waals surface area contributed by atoms with E-state index in [9.17, 15) is 13.2 Å². The molecular weight excluding hydrogens is 259 g/mol. The summed E-state index contributed by atoms with van der Waals surface area (Å²) in [4.78, 5) is 0. The molecule has 0 radical (unpaired) electrons. The molecule has 0 saturated carbocycles. The van der Waals surface area contributed by atoms with Gasteiger partial charge in [-0.3, -0.25) is 0 Å². The fourth-order valence-electron chi connectivity index (χ4n) is 1.61. The number of nitrogens with one attached hydrogen (secondary N) is 1. The lowest BCUT2D eigenvalue weighted by molar-refractivity contribution is -0.138. The van der Waals surface area contributed by atoms with Crippen LogP contribution in [-0.4, -0.2) is 30.0 Å². The van der Waals surface area contributed by atoms with Gasteiger partial charge in [-0.05, 0) is 11.6 Å². The van der Waals surface area contributed by atoms with Crippen LogP contribution < -0.4 is 5.32 Å². The molecule has 0 aliphatic heterocycles. The zero-order valence-corrected chi connectivity index (χ0v) is 10.7. The third-order valence-electron chi connectivity index (χ3n) is 2.95. The van der Waals surface area contributed by atoms with E-state index >= 15 is 0 Å². The van der Waals surface area contributed by atoms with Crippen LogP contribution in [0.2, 0.25) is 0 Å². The van der Waals surface area contributed by atoms with Crippen molar-refractivity contribution >= 4 is 0 Å². The second-order valence-electron chi connectivity index (χ2n) is 4.89. The van der Waals surface area contributed by atoms with Gasteiger partial charge >= 0.3 is 6.18 Å². The Labute approximate surface area is 110 Å². The molecule has 1 rings (SSSR count). The third kappa shape index (κ3) is 4.49. The van der Waals surface area contributed by atoms with Crippen molar-refractivity contribution in [2.45, 2.75) is 19.6 Å². The summed E-state index contributed by atoms with van der Waals surface area (Å²) in [6.07, 6.45) is -4.38. The number of aliphatic hydroxyl groups is 2. The van der Waals surface area contributed by atoms with E-state index in [-0.39, 0.29) is 31.9 Å². The molecule has 0 heterocycles. The minimum absolute atomic E-state index is 0.0330. The van der Waals surface area contributed by atoms with Crippen LogP contribution in [0, 0.1) is 5.41 Å². The van der Waals surface area contributed by atoms with Gasteiger partial charge in [-0.25, -0.2) is 0 Å². The lowest BCUT2D eigenvalue weighted by Gasteiger charge is -2.25. The highest BCUT2D eigenvalue weighted by Gasteiger charge is 2.32. The summed E-state index contributed by atoms with van der Waals surface area (Å²) in [7, 11) is 0. The average Bonchev–Trinajstić information content (AvgIpc) is 2.38. The summed E-state index contributed by atoms with van der Waals surface area (Å²) < 4.78 is 38.2. The molecule has 0 unspecified atom stereocenters. The van der Waals surface area contributed by atoms with Crippen molar-refractivity contribution in [3.63, 3.8) is 0 Å². The Hall–Kier alpha value is -1.11. The molecule has 1 aromatic rings. The molecule has 108 valence electrons. The Morgan fingerprint density at radius 2 is 1.68 bits per heavy atom. The number of hydrogen-bond donors (Lipinski definition) is 3. The smallest absolute Gasteiger partial charge is 0.396 e. The van der Waals surface area contributed by atoms with E-state index in [0.29, 0.717) is 0 Å². The van der Waals surface area contributed by atoms with Crippen LogP contribution in [0.25, 0.3) is 0 Å². The van der Waals surface area contributed by atoms with Crippen LogP contribution >= 0.6 is 0 Å². The highest BCUT2D eigenvalue weighted by atomic mass is 19.4. The van der Waals surface area contributed by atoms with E-state index in [4.69, 9.17) is 10.2 Å². The van der Waals surface area contributed by atoms with E-state index < -0.39 is 17.2 Å². The Kier molecular flexibility index (Phi) is 5.34. The van der Waals surface area contributed by atoms with E-state index in [1.807, 2.05) is 0 Å². The summed E-state index contributed by atoms with van der Waals surface area (Å²) >= 11 is 0. The highest BCUT2D eigenvalue weighted by molar-refractivity contribution is 5.29. The first kappa shape index (κ1) is 15.9. The lowest BCUT2D eigenvalue weighted by atomic mass is 9.93. The monoisotopic (exact) mass is 277 g/mol. The van der Waals surface area contributed by atoms with Crippen LogP contribution in [0.4, 0.5) is 13.2 Å². The summed E-state index contributed by atoms with van der Waals surface area (Å²) in [6, 6.07) is 5.33. The van der Waals surface area contributed by atoms with Gasteiger partial charge in [-0.1, -0.05) is 25.1 Å². The first-order chi connectivity index (χ1) is 8.82. The first-order valence-electron chi connectivity index (χ1n) is 5.90. The van der Waals surface area contributed by atoms with E-state index in [1.54, 1.807) is 13.0 Å². The van der Waals surface area contributed by atoms with Crippen LogP contribution in [0.3, 0.4) is 0 Å². The first-order valence-corrected chi connectivity index (χ1v) is 5.90. The van der Waals surface area contributed by atoms with E-state index in [0.717, 1.165) is 6.07 Å². The van der Waals surface area contributed by atoms with Crippen molar-refractivity contribution in [1.82, 2.24) is 5.32 Å². The maximum atomic E-state index is 12.7. The maximum Gasteiger partial charge on any atom is 0.416 e. The molecule has 3 N–H and O–H groups in total. The molecule has 0 saturated heterocycles. The predicted octanol–water partition coefficient (Wildman–Crippen LogP) is 1.79. The molecule has 0 atom stereocenters. The van der Waals surface area contributed by atoms with Gasteiger partial charge in [-0.15, -0.1) is 0 Å². The molecule has 0 aliphatic rings. The van der Waals surface area contributed by atoms with Crippen LogP contribution in [-0.2, 0) is 12.7 Å². The van der Waals surface area contributed by atoms with Gasteiger partial charge in [0.2, 0.25) is 0 Å². The molecule has 0 aromatic heterocycles. The molecule has 1 aromatic carbocycles. The van der Waals surface area contributed by atoms with Crippen molar-refractivity contribution in [2.75, 3.05) is 19.8 Å². The molecule has 19 heavy (non-hydrogen) atoms. The maximum absolute atomic E-state index is 12.7. The topological polar surface area (TPSA) is 52.5 Å². The number of benzene rings is 1. The van der Waals surface area contributed by atoms with Crippen molar-refractivity contribution in [3.05, 3.63) is 35.4 Å². The van der Waals surface area contributed by atoms with Crippen LogP contribution in [0.5, 0.6) is 0 Å². The quantitative estimate of drug-likeness (QED) is 0.743. The zero-order valence-electron chi connectivity index (χ0n) is 10.7. The zero-order chi connectivity index (χ0) is 14.5. The molecule has 0 bridgehead atoms. The van der Waals surface area contributed by atoms with Crippen LogP contribution in [0.1, 0.15) is 18.1 Å². The Bertz CT molecular complexity index is 403. The van der Waals surface area contributed by atoms with Gasteiger partial charge in [0.25, 0.3) is 0 Å². The summed E-state index contributed by atoms with van der Waals surface area (Å²) in [6.45, 7) is 1.43. The van der Waals surface area contributed by atoms with Crippen LogP contribution in [0.15, 0.2) is 24.3 Å². The van der Waals surface area contributed by atoms with Gasteiger partial charge in [0, 0.05) is 18.5 Å². The summed E-state index contributed by atoms with van der Waals surface area (Å²) in [5.41, 5.74) is -1.27. The normalized spacial score (nSPS) is 12.7. The van der Waals surface area contributed by atoms with E-state index in [2.05, 4.69) is 5.32 Å². The number of rotatable bonds is 6. The second-order valence-corrected chi connectivity index (χ2v) is 4.89. The molecule has 0 aliphatic carbocycles. The van der Waals surface area contributed by atoms with Crippen molar-refractivity contribution in [1.29, 1.82) is 0 Å². The molecule has 3 nitrogen and oxygen atoms in total. The molecular formula is C13H18F3NO2. The Morgan fingerprint density at radius 1 is 1.11 bits per heavy atom. The number of hydrogen-bond acceptors (Lipinski definition) is 3. The van der Waals surface area contributed by atoms with Gasteiger partial charge in [-0.2, -0.15) is 13.2 Å². The number of alkyl halides is 3. The van der Waals surface area contributed by atoms with Crippen molar-refractivity contribution in [3.8, 4) is 0 Å². The van der Waals surface area contributed by atoms with Gasteiger partial charge in [0.1, 0.15) is 0 Å². The van der Waals surface area contributed by atoms with Gasteiger partial charge in [0.05, 0.1) is 18.8 Å². The van der Waals surface area contributed by atoms with Crippen molar-refractivity contribution in [2.24, 2.45) is 5.41 Å². The number of aliphatic hydroxyl groups excluding tert-OH is 2. The fraction of sp³-hybridized carbons (Fsp3) is 0.538. The molecule has 0 fully saturated rings. The number of halogens is 3. The Balaban J connectivity index is 2.69. The second kappa shape index (κ2) is 6.36. The largest absolute Gasteiger partial charge is 0.416 e. The minimum Gasteiger partial charge on any atom is -0.396 e. The molecule has 0 amide bonds. The fourth-order valence-corrected chi connectivity index (χ4v) is 1.61. The van der Waals surface area contributed by atoms with Crippen molar-refractivity contribution < 1.29 is 23.4 Å². The van der Waals surface area contributed by atoms with Gasteiger partial charge < -0.3 is 15.5 Å².